The fourth-order valence-corrected chi connectivity index (χ4v) is 4.07. The Hall–Kier alpha value is -2.41. The summed E-state index contributed by atoms with van der Waals surface area (Å²) in [5.74, 6) is 0.503. The van der Waals surface area contributed by atoms with Gasteiger partial charge in [-0.05, 0) is 30.5 Å². The van der Waals surface area contributed by atoms with E-state index in [-0.39, 0.29) is 11.6 Å². The van der Waals surface area contributed by atoms with Gasteiger partial charge in [-0.1, -0.05) is 0 Å². The highest BCUT2D eigenvalue weighted by molar-refractivity contribution is 7.09. The first-order chi connectivity index (χ1) is 11.6. The molecule has 1 aromatic carbocycles. The van der Waals surface area contributed by atoms with Crippen molar-refractivity contribution in [2.75, 3.05) is 13.1 Å². The molecular weight excluding hydrogens is 324 g/mol. The SMILES string of the molecule is Cn1c(=O)[nH]c2cc(C(=O)N3CCC(Cc4nccs4)C3)ccc21. The number of nitrogens with one attached hydrogen (secondary N) is 1. The maximum absolute atomic E-state index is 12.7. The fourth-order valence-electron chi connectivity index (χ4n) is 3.34. The van der Waals surface area contributed by atoms with E-state index in [1.54, 1.807) is 35.1 Å². The van der Waals surface area contributed by atoms with Crippen LogP contribution in [-0.4, -0.2) is 38.4 Å². The lowest BCUT2D eigenvalue weighted by Gasteiger charge is -2.16. The highest BCUT2D eigenvalue weighted by Gasteiger charge is 2.27. The minimum atomic E-state index is -0.167. The number of likely N-dealkylation sites (tertiary alicyclic amines) is 1. The lowest BCUT2D eigenvalue weighted by molar-refractivity contribution is 0.0787. The smallest absolute Gasteiger partial charge is 0.326 e. The third-order valence-corrected chi connectivity index (χ3v) is 5.47. The number of aromatic amines is 1. The minimum absolute atomic E-state index is 0.0308. The zero-order chi connectivity index (χ0) is 16.7. The van der Waals surface area contributed by atoms with E-state index in [9.17, 15) is 9.59 Å². The maximum atomic E-state index is 12.7. The number of benzene rings is 1. The summed E-state index contributed by atoms with van der Waals surface area (Å²) in [5.41, 5.74) is 1.96. The number of amides is 1. The zero-order valence-corrected chi connectivity index (χ0v) is 14.2. The predicted octanol–water partition coefficient (Wildman–Crippen LogP) is 2.03. The van der Waals surface area contributed by atoms with E-state index < -0.39 is 0 Å². The number of thiazole rings is 1. The Morgan fingerprint density at radius 2 is 2.33 bits per heavy atom. The van der Waals surface area contributed by atoms with E-state index in [1.807, 2.05) is 22.5 Å². The first kappa shape index (κ1) is 15.1. The number of aryl methyl sites for hydroxylation is 1. The third-order valence-electron chi connectivity index (χ3n) is 4.67. The van der Waals surface area contributed by atoms with Crippen LogP contribution in [0.5, 0.6) is 0 Å². The lowest BCUT2D eigenvalue weighted by atomic mass is 10.1. The summed E-state index contributed by atoms with van der Waals surface area (Å²) >= 11 is 1.67. The molecule has 1 N–H and O–H groups in total. The molecule has 1 aliphatic heterocycles. The van der Waals surface area contributed by atoms with Gasteiger partial charge in [-0.2, -0.15) is 0 Å². The molecule has 0 spiro atoms. The van der Waals surface area contributed by atoms with Gasteiger partial charge < -0.3 is 9.88 Å². The van der Waals surface area contributed by atoms with Crippen molar-refractivity contribution >= 4 is 28.3 Å². The zero-order valence-electron chi connectivity index (χ0n) is 13.4. The summed E-state index contributed by atoms with van der Waals surface area (Å²) < 4.78 is 1.55. The molecule has 124 valence electrons. The number of carbonyl (C=O) groups excluding carboxylic acids is 1. The number of hydrogen-bond donors (Lipinski definition) is 1. The largest absolute Gasteiger partial charge is 0.338 e. The van der Waals surface area contributed by atoms with E-state index in [1.165, 1.54) is 0 Å². The molecule has 1 saturated heterocycles. The van der Waals surface area contributed by atoms with Gasteiger partial charge in [0, 0.05) is 43.7 Å². The number of rotatable bonds is 3. The van der Waals surface area contributed by atoms with E-state index in [4.69, 9.17) is 0 Å². The maximum Gasteiger partial charge on any atom is 0.326 e. The number of carbonyl (C=O) groups is 1. The Kier molecular flexibility index (Phi) is 3.72. The average Bonchev–Trinajstić information content (AvgIpc) is 3.30. The monoisotopic (exact) mass is 342 g/mol. The Bertz CT molecular complexity index is 941. The number of H-pyrrole nitrogens is 1. The van der Waals surface area contributed by atoms with Gasteiger partial charge in [0.15, 0.2) is 0 Å². The van der Waals surface area contributed by atoms with Crippen molar-refractivity contribution in [2.24, 2.45) is 13.0 Å². The summed E-state index contributed by atoms with van der Waals surface area (Å²) in [6.07, 6.45) is 3.77. The summed E-state index contributed by atoms with van der Waals surface area (Å²) in [5, 5.41) is 3.13. The van der Waals surface area contributed by atoms with Crippen LogP contribution in [0.25, 0.3) is 11.0 Å². The van der Waals surface area contributed by atoms with Crippen LogP contribution >= 0.6 is 11.3 Å². The Balaban J connectivity index is 1.50. The van der Waals surface area contributed by atoms with Gasteiger partial charge in [-0.25, -0.2) is 9.78 Å². The van der Waals surface area contributed by atoms with E-state index in [0.29, 0.717) is 17.0 Å². The molecule has 3 aromatic rings. The molecule has 0 aliphatic carbocycles. The van der Waals surface area contributed by atoms with Crippen LogP contribution in [0.4, 0.5) is 0 Å². The Labute approximate surface area is 142 Å². The molecule has 0 saturated carbocycles. The summed E-state index contributed by atoms with van der Waals surface area (Å²) in [6.45, 7) is 1.54. The summed E-state index contributed by atoms with van der Waals surface area (Å²) in [7, 11) is 1.71. The lowest BCUT2D eigenvalue weighted by Crippen LogP contribution is -2.28. The van der Waals surface area contributed by atoms with Crippen LogP contribution in [-0.2, 0) is 13.5 Å². The average molecular weight is 342 g/mol. The quantitative estimate of drug-likeness (QED) is 0.792. The molecule has 1 aliphatic rings. The first-order valence-corrected chi connectivity index (χ1v) is 8.86. The van der Waals surface area contributed by atoms with Gasteiger partial charge >= 0.3 is 5.69 Å². The topological polar surface area (TPSA) is 71.0 Å². The van der Waals surface area contributed by atoms with Gasteiger partial charge in [-0.15, -0.1) is 11.3 Å². The number of aromatic nitrogens is 3. The van der Waals surface area contributed by atoms with Gasteiger partial charge in [0.1, 0.15) is 0 Å². The molecule has 7 heteroatoms. The Morgan fingerprint density at radius 1 is 1.46 bits per heavy atom. The van der Waals surface area contributed by atoms with Crippen LogP contribution in [0.2, 0.25) is 0 Å². The molecule has 0 bridgehead atoms. The molecule has 1 unspecified atom stereocenters. The first-order valence-electron chi connectivity index (χ1n) is 7.98. The predicted molar refractivity (Wildman–Crippen MR) is 93.4 cm³/mol. The van der Waals surface area contributed by atoms with Gasteiger partial charge in [-0.3, -0.25) is 9.36 Å². The standard InChI is InChI=1S/C17H18N4O2S/c1-20-14-3-2-12(9-13(14)19-17(20)23)16(22)21-6-4-11(10-21)8-15-18-5-7-24-15/h2-3,5,7,9,11H,4,6,8,10H2,1H3,(H,19,23). The number of hydrogen-bond acceptors (Lipinski definition) is 4. The number of nitrogens with zero attached hydrogens (tertiary/aromatic N) is 3. The Morgan fingerprint density at radius 3 is 3.12 bits per heavy atom. The molecule has 3 heterocycles. The second kappa shape index (κ2) is 5.90. The van der Waals surface area contributed by atoms with Crippen molar-refractivity contribution in [3.8, 4) is 0 Å². The number of fused-ring (bicyclic) bond motifs is 1. The molecule has 2 aromatic heterocycles. The minimum Gasteiger partial charge on any atom is -0.338 e. The molecule has 24 heavy (non-hydrogen) atoms. The highest BCUT2D eigenvalue weighted by Crippen LogP contribution is 2.24. The summed E-state index contributed by atoms with van der Waals surface area (Å²) in [4.78, 5) is 33.4. The fraction of sp³-hybridized carbons (Fsp3) is 0.353. The van der Waals surface area contributed by atoms with Crippen LogP contribution in [0, 0.1) is 5.92 Å². The van der Waals surface area contributed by atoms with Crippen LogP contribution in [0.3, 0.4) is 0 Å². The van der Waals surface area contributed by atoms with Crippen molar-refractivity contribution in [3.05, 3.63) is 50.8 Å². The molecular formula is C17H18N4O2S. The van der Waals surface area contributed by atoms with E-state index in [2.05, 4.69) is 9.97 Å². The van der Waals surface area contributed by atoms with Crippen LogP contribution in [0.1, 0.15) is 21.8 Å². The molecule has 1 atom stereocenters. The highest BCUT2D eigenvalue weighted by atomic mass is 32.1. The molecule has 6 nitrogen and oxygen atoms in total. The van der Waals surface area contributed by atoms with Gasteiger partial charge in [0.25, 0.3) is 5.91 Å². The second-order valence-corrected chi connectivity index (χ2v) is 7.24. The van der Waals surface area contributed by atoms with Crippen molar-refractivity contribution in [2.45, 2.75) is 12.8 Å². The van der Waals surface area contributed by atoms with Crippen molar-refractivity contribution < 1.29 is 4.79 Å². The van der Waals surface area contributed by atoms with E-state index in [0.717, 1.165) is 36.5 Å². The normalized spacial score (nSPS) is 17.7. The van der Waals surface area contributed by atoms with Crippen molar-refractivity contribution in [1.29, 1.82) is 0 Å². The van der Waals surface area contributed by atoms with Gasteiger partial charge in [0.2, 0.25) is 0 Å². The third kappa shape index (κ3) is 2.65. The van der Waals surface area contributed by atoms with Gasteiger partial charge in [0.05, 0.1) is 16.0 Å². The molecule has 1 fully saturated rings. The van der Waals surface area contributed by atoms with Crippen LogP contribution < -0.4 is 5.69 Å². The molecule has 1 amide bonds. The number of imidazole rings is 1. The van der Waals surface area contributed by atoms with E-state index >= 15 is 0 Å². The second-order valence-electron chi connectivity index (χ2n) is 6.26. The summed E-state index contributed by atoms with van der Waals surface area (Å²) in [6, 6.07) is 5.39. The molecule has 4 rings (SSSR count). The molecule has 0 radical (unpaired) electrons. The van der Waals surface area contributed by atoms with Crippen molar-refractivity contribution in [3.63, 3.8) is 0 Å². The van der Waals surface area contributed by atoms with Crippen molar-refractivity contribution in [1.82, 2.24) is 19.4 Å². The van der Waals surface area contributed by atoms with Crippen LogP contribution in [0.15, 0.2) is 34.6 Å².